The molecule has 2 aromatic heterocycles. The normalized spacial score (nSPS) is 10.6. The molecule has 0 fully saturated rings. The maximum Gasteiger partial charge on any atom is 0.141 e. The van der Waals surface area contributed by atoms with Crippen molar-refractivity contribution in [2.24, 2.45) is 0 Å². The van der Waals surface area contributed by atoms with Crippen molar-refractivity contribution < 1.29 is 4.39 Å². The monoisotopic (exact) mass is 254 g/mol. The molecular formula is C14H11FN4. The second kappa shape index (κ2) is 4.53. The third kappa shape index (κ3) is 2.18. The molecule has 0 saturated heterocycles. The Morgan fingerprint density at radius 3 is 2.47 bits per heavy atom. The van der Waals surface area contributed by atoms with Crippen LogP contribution in [0.1, 0.15) is 0 Å². The molecule has 2 N–H and O–H groups in total. The highest BCUT2D eigenvalue weighted by Crippen LogP contribution is 2.21. The minimum Gasteiger partial charge on any atom is -0.384 e. The molecule has 19 heavy (non-hydrogen) atoms. The lowest BCUT2D eigenvalue weighted by Gasteiger charge is -2.02. The fraction of sp³-hybridized carbons (Fsp3) is 0. The minimum absolute atomic E-state index is 0.376. The van der Waals surface area contributed by atoms with Crippen molar-refractivity contribution in [1.29, 1.82) is 0 Å². The molecule has 4 nitrogen and oxygen atoms in total. The van der Waals surface area contributed by atoms with Crippen LogP contribution in [-0.2, 0) is 0 Å². The third-order valence-corrected chi connectivity index (χ3v) is 2.73. The number of pyridine rings is 1. The summed E-state index contributed by atoms with van der Waals surface area (Å²) in [6.07, 6.45) is 1.16. The second-order valence-electron chi connectivity index (χ2n) is 4.06. The van der Waals surface area contributed by atoms with Crippen molar-refractivity contribution in [1.82, 2.24) is 14.8 Å². The molecule has 0 radical (unpaired) electrons. The van der Waals surface area contributed by atoms with Crippen LogP contribution >= 0.6 is 0 Å². The van der Waals surface area contributed by atoms with Crippen molar-refractivity contribution >= 4 is 5.82 Å². The number of nitrogens with two attached hydrogens (primary N) is 1. The Hall–Kier alpha value is -2.69. The summed E-state index contributed by atoms with van der Waals surface area (Å²) >= 11 is 0. The highest BCUT2D eigenvalue weighted by atomic mass is 19.1. The highest BCUT2D eigenvalue weighted by Gasteiger charge is 2.09. The van der Waals surface area contributed by atoms with E-state index >= 15 is 0 Å². The maximum atomic E-state index is 12.8. The predicted molar refractivity (Wildman–Crippen MR) is 71.2 cm³/mol. The summed E-state index contributed by atoms with van der Waals surface area (Å²) in [5.41, 5.74) is 8.01. The van der Waals surface area contributed by atoms with Crippen LogP contribution in [0.3, 0.4) is 0 Å². The van der Waals surface area contributed by atoms with Gasteiger partial charge in [-0.15, -0.1) is 0 Å². The fourth-order valence-corrected chi connectivity index (χ4v) is 1.82. The summed E-state index contributed by atoms with van der Waals surface area (Å²) in [5.74, 6) is 0.131. The fourth-order valence-electron chi connectivity index (χ4n) is 1.82. The molecule has 3 rings (SSSR count). The largest absolute Gasteiger partial charge is 0.384 e. The highest BCUT2D eigenvalue weighted by molar-refractivity contribution is 5.59. The quantitative estimate of drug-likeness (QED) is 0.764. The van der Waals surface area contributed by atoms with Crippen LogP contribution in [0.15, 0.2) is 54.7 Å². The zero-order chi connectivity index (χ0) is 13.2. The van der Waals surface area contributed by atoms with E-state index in [1.165, 1.54) is 6.07 Å². The van der Waals surface area contributed by atoms with E-state index in [-0.39, 0.29) is 5.82 Å². The molecule has 0 amide bonds. The predicted octanol–water partition coefficient (Wildman–Crippen LogP) is 2.66. The number of nitrogens with zero attached hydrogens (tertiary/aromatic N) is 3. The van der Waals surface area contributed by atoms with Gasteiger partial charge in [0.2, 0.25) is 0 Å². The molecule has 2 heterocycles. The Kier molecular flexibility index (Phi) is 2.72. The number of halogens is 1. The van der Waals surface area contributed by atoms with Gasteiger partial charge in [0.15, 0.2) is 0 Å². The lowest BCUT2D eigenvalue weighted by atomic mass is 10.3. The molecule has 0 aliphatic heterocycles. The first kappa shape index (κ1) is 11.4. The van der Waals surface area contributed by atoms with Crippen LogP contribution in [0.25, 0.3) is 17.1 Å². The number of benzene rings is 1. The van der Waals surface area contributed by atoms with Crippen molar-refractivity contribution in [2.75, 3.05) is 5.73 Å². The van der Waals surface area contributed by atoms with E-state index in [9.17, 15) is 4.39 Å². The Labute approximate surface area is 109 Å². The first-order chi connectivity index (χ1) is 9.24. The van der Waals surface area contributed by atoms with Crippen molar-refractivity contribution in [3.05, 3.63) is 60.5 Å². The van der Waals surface area contributed by atoms with E-state index in [1.807, 2.05) is 30.3 Å². The summed E-state index contributed by atoms with van der Waals surface area (Å²) in [7, 11) is 0. The van der Waals surface area contributed by atoms with Gasteiger partial charge in [-0.25, -0.2) is 9.07 Å². The van der Waals surface area contributed by atoms with E-state index in [4.69, 9.17) is 5.73 Å². The molecule has 0 unspecified atom stereocenters. The Morgan fingerprint density at radius 2 is 1.79 bits per heavy atom. The van der Waals surface area contributed by atoms with E-state index in [2.05, 4.69) is 10.1 Å². The SMILES string of the molecule is Nc1cc(-c2ccc(F)cn2)nn1-c1ccccc1. The number of anilines is 1. The zero-order valence-electron chi connectivity index (χ0n) is 9.99. The van der Waals surface area contributed by atoms with Crippen LogP contribution in [-0.4, -0.2) is 14.8 Å². The number of aromatic nitrogens is 3. The molecular weight excluding hydrogens is 243 g/mol. The average molecular weight is 254 g/mol. The van der Waals surface area contributed by atoms with Gasteiger partial charge in [0.1, 0.15) is 17.3 Å². The number of hydrogen-bond acceptors (Lipinski definition) is 3. The molecule has 0 saturated carbocycles. The lowest BCUT2D eigenvalue weighted by molar-refractivity contribution is 0.621. The number of para-hydroxylation sites is 1. The topological polar surface area (TPSA) is 56.7 Å². The van der Waals surface area contributed by atoms with Gasteiger partial charge in [-0.1, -0.05) is 18.2 Å². The third-order valence-electron chi connectivity index (χ3n) is 2.73. The van der Waals surface area contributed by atoms with Crippen molar-refractivity contribution in [3.63, 3.8) is 0 Å². The zero-order valence-corrected chi connectivity index (χ0v) is 9.99. The molecule has 0 bridgehead atoms. The van der Waals surface area contributed by atoms with Gasteiger partial charge in [-0.2, -0.15) is 5.10 Å². The second-order valence-corrected chi connectivity index (χ2v) is 4.06. The molecule has 5 heteroatoms. The molecule has 0 spiro atoms. The van der Waals surface area contributed by atoms with Gasteiger partial charge in [-0.05, 0) is 24.3 Å². The Morgan fingerprint density at radius 1 is 1.00 bits per heavy atom. The summed E-state index contributed by atoms with van der Waals surface area (Å²) in [6, 6.07) is 14.2. The standard InChI is InChI=1S/C14H11FN4/c15-10-6-7-12(17-9-10)13-8-14(16)19(18-13)11-4-2-1-3-5-11/h1-9H,16H2. The molecule has 0 aliphatic carbocycles. The number of nitrogen functional groups attached to an aromatic ring is 1. The van der Waals surface area contributed by atoms with E-state index in [0.717, 1.165) is 11.9 Å². The van der Waals surface area contributed by atoms with Crippen LogP contribution in [0, 0.1) is 5.82 Å². The summed E-state index contributed by atoms with van der Waals surface area (Å²) in [5, 5.41) is 4.39. The van der Waals surface area contributed by atoms with Gasteiger partial charge in [-0.3, -0.25) is 4.98 Å². The van der Waals surface area contributed by atoms with E-state index in [0.29, 0.717) is 17.2 Å². The van der Waals surface area contributed by atoms with Crippen LogP contribution in [0.2, 0.25) is 0 Å². The summed E-state index contributed by atoms with van der Waals surface area (Å²) in [6.45, 7) is 0. The molecule has 94 valence electrons. The molecule has 3 aromatic rings. The summed E-state index contributed by atoms with van der Waals surface area (Å²) in [4.78, 5) is 3.99. The molecule has 0 aliphatic rings. The van der Waals surface area contributed by atoms with E-state index in [1.54, 1.807) is 16.8 Å². The lowest BCUT2D eigenvalue weighted by Crippen LogP contribution is -2.01. The first-order valence-electron chi connectivity index (χ1n) is 5.77. The van der Waals surface area contributed by atoms with Crippen molar-refractivity contribution in [3.8, 4) is 17.1 Å². The average Bonchev–Trinajstić information content (AvgIpc) is 2.83. The van der Waals surface area contributed by atoms with Gasteiger partial charge in [0.25, 0.3) is 0 Å². The first-order valence-corrected chi connectivity index (χ1v) is 5.77. The maximum absolute atomic E-state index is 12.8. The van der Waals surface area contributed by atoms with Crippen molar-refractivity contribution in [2.45, 2.75) is 0 Å². The summed E-state index contributed by atoms with van der Waals surface area (Å²) < 4.78 is 14.5. The molecule has 0 atom stereocenters. The van der Waals surface area contributed by atoms with Crippen LogP contribution < -0.4 is 5.73 Å². The van der Waals surface area contributed by atoms with Gasteiger partial charge in [0.05, 0.1) is 17.6 Å². The Balaban J connectivity index is 2.04. The number of rotatable bonds is 2. The smallest absolute Gasteiger partial charge is 0.141 e. The number of hydrogen-bond donors (Lipinski definition) is 1. The molecule has 1 aromatic carbocycles. The van der Waals surface area contributed by atoms with Gasteiger partial charge < -0.3 is 5.73 Å². The van der Waals surface area contributed by atoms with Gasteiger partial charge in [0, 0.05) is 6.07 Å². The minimum atomic E-state index is -0.376. The van der Waals surface area contributed by atoms with Crippen LogP contribution in [0.5, 0.6) is 0 Å². The van der Waals surface area contributed by atoms with E-state index < -0.39 is 0 Å². The van der Waals surface area contributed by atoms with Gasteiger partial charge >= 0.3 is 0 Å². The van der Waals surface area contributed by atoms with Crippen LogP contribution in [0.4, 0.5) is 10.2 Å². The Bertz CT molecular complexity index is 689.